The van der Waals surface area contributed by atoms with E-state index in [1.165, 1.54) is 18.4 Å². The van der Waals surface area contributed by atoms with Gasteiger partial charge in [-0.3, -0.25) is 0 Å². The summed E-state index contributed by atoms with van der Waals surface area (Å²) in [5.74, 6) is 0. The number of allylic oxidation sites excluding steroid dienone is 1. The molecule has 2 heteroatoms. The summed E-state index contributed by atoms with van der Waals surface area (Å²) < 4.78 is 2.39. The van der Waals surface area contributed by atoms with Gasteiger partial charge in [-0.2, -0.15) is 0 Å². The number of hydrogen-bond donors (Lipinski definition) is 0. The summed E-state index contributed by atoms with van der Waals surface area (Å²) in [6.07, 6.45) is 2.51. The van der Waals surface area contributed by atoms with E-state index in [0.717, 1.165) is 0 Å². The molecule has 1 saturated heterocycles. The average molecular weight is 230 g/mol. The molecule has 82 valence electrons. The van der Waals surface area contributed by atoms with Gasteiger partial charge in [-0.15, -0.1) is 23.5 Å². The summed E-state index contributed by atoms with van der Waals surface area (Å²) >= 11 is 4.19. The monoisotopic (exact) mass is 230 g/mol. The minimum atomic E-state index is 0.416. The Morgan fingerprint density at radius 3 is 1.57 bits per heavy atom. The van der Waals surface area contributed by atoms with E-state index >= 15 is 0 Å². The SMILES string of the molecule is CCC1(C)SC(=C(C)C)SC1(C)CC. The van der Waals surface area contributed by atoms with Crippen molar-refractivity contribution in [1.29, 1.82) is 0 Å². The van der Waals surface area contributed by atoms with Crippen LogP contribution in [-0.4, -0.2) is 9.49 Å². The van der Waals surface area contributed by atoms with Crippen molar-refractivity contribution < 1.29 is 0 Å². The van der Waals surface area contributed by atoms with Gasteiger partial charge in [0.15, 0.2) is 0 Å². The first-order valence-corrected chi connectivity index (χ1v) is 7.07. The lowest BCUT2D eigenvalue weighted by Gasteiger charge is -2.37. The lowest BCUT2D eigenvalue weighted by molar-refractivity contribution is 0.460. The van der Waals surface area contributed by atoms with Crippen LogP contribution in [0.2, 0.25) is 0 Å². The summed E-state index contributed by atoms with van der Waals surface area (Å²) in [6.45, 7) is 13.9. The van der Waals surface area contributed by atoms with E-state index in [1.807, 2.05) is 0 Å². The molecule has 1 aliphatic heterocycles. The van der Waals surface area contributed by atoms with Gasteiger partial charge < -0.3 is 0 Å². The first-order chi connectivity index (χ1) is 6.38. The van der Waals surface area contributed by atoms with E-state index in [1.54, 1.807) is 4.24 Å². The van der Waals surface area contributed by atoms with Gasteiger partial charge in [-0.1, -0.05) is 19.4 Å². The van der Waals surface area contributed by atoms with Gasteiger partial charge in [0, 0.05) is 13.7 Å². The third-order valence-corrected chi connectivity index (χ3v) is 7.71. The van der Waals surface area contributed by atoms with Crippen molar-refractivity contribution >= 4 is 23.5 Å². The van der Waals surface area contributed by atoms with Crippen LogP contribution < -0.4 is 0 Å². The van der Waals surface area contributed by atoms with Crippen LogP contribution >= 0.6 is 23.5 Å². The topological polar surface area (TPSA) is 0 Å². The third kappa shape index (κ3) is 1.88. The molecule has 0 spiro atoms. The highest BCUT2D eigenvalue weighted by molar-refractivity contribution is 8.26. The van der Waals surface area contributed by atoms with Crippen LogP contribution in [0.1, 0.15) is 54.4 Å². The van der Waals surface area contributed by atoms with Crippen molar-refractivity contribution in [3.8, 4) is 0 Å². The summed E-state index contributed by atoms with van der Waals surface area (Å²) in [7, 11) is 0. The fourth-order valence-electron chi connectivity index (χ4n) is 1.74. The van der Waals surface area contributed by atoms with Gasteiger partial charge in [-0.25, -0.2) is 0 Å². The van der Waals surface area contributed by atoms with Gasteiger partial charge in [0.1, 0.15) is 0 Å². The normalized spacial score (nSPS) is 37.7. The highest BCUT2D eigenvalue weighted by Gasteiger charge is 2.50. The Morgan fingerprint density at radius 2 is 1.36 bits per heavy atom. The molecule has 1 rings (SSSR count). The van der Waals surface area contributed by atoms with Gasteiger partial charge >= 0.3 is 0 Å². The molecule has 1 fully saturated rings. The smallest absolute Gasteiger partial charge is 0.0398 e. The molecular weight excluding hydrogens is 208 g/mol. The molecule has 1 heterocycles. The number of thioether (sulfide) groups is 2. The maximum absolute atomic E-state index is 2.42. The van der Waals surface area contributed by atoms with E-state index in [9.17, 15) is 0 Å². The predicted molar refractivity (Wildman–Crippen MR) is 70.9 cm³/mol. The van der Waals surface area contributed by atoms with E-state index in [4.69, 9.17) is 0 Å². The molecule has 0 nitrogen and oxygen atoms in total. The fraction of sp³-hybridized carbons (Fsp3) is 0.833. The molecule has 0 aromatic rings. The van der Waals surface area contributed by atoms with Crippen molar-refractivity contribution in [2.75, 3.05) is 0 Å². The van der Waals surface area contributed by atoms with Crippen molar-refractivity contribution in [2.45, 2.75) is 63.9 Å². The molecule has 0 saturated carbocycles. The highest BCUT2D eigenvalue weighted by atomic mass is 32.2. The molecule has 0 aromatic carbocycles. The Bertz CT molecular complexity index is 233. The number of rotatable bonds is 2. The molecule has 2 atom stereocenters. The Labute approximate surface area is 97.3 Å². The van der Waals surface area contributed by atoms with Crippen LogP contribution in [0, 0.1) is 0 Å². The van der Waals surface area contributed by atoms with E-state index < -0.39 is 0 Å². The predicted octanol–water partition coefficient (Wildman–Crippen LogP) is 5.06. The zero-order chi connectivity index (χ0) is 11.0. The summed E-state index contributed by atoms with van der Waals surface area (Å²) in [6, 6.07) is 0. The highest BCUT2D eigenvalue weighted by Crippen LogP contribution is 2.63. The minimum Gasteiger partial charge on any atom is -0.111 e. The zero-order valence-electron chi connectivity index (χ0n) is 10.2. The summed E-state index contributed by atoms with van der Waals surface area (Å²) in [4.78, 5) is 0. The molecule has 14 heavy (non-hydrogen) atoms. The van der Waals surface area contributed by atoms with Gasteiger partial charge in [-0.05, 0) is 40.5 Å². The Balaban J connectivity index is 3.04. The van der Waals surface area contributed by atoms with Crippen LogP contribution in [0.5, 0.6) is 0 Å². The van der Waals surface area contributed by atoms with Crippen molar-refractivity contribution in [2.24, 2.45) is 0 Å². The number of hydrogen-bond acceptors (Lipinski definition) is 2. The van der Waals surface area contributed by atoms with Gasteiger partial charge in [0.2, 0.25) is 0 Å². The van der Waals surface area contributed by atoms with Crippen LogP contribution in [0.3, 0.4) is 0 Å². The summed E-state index contributed by atoms with van der Waals surface area (Å²) in [5, 5.41) is 0. The quantitative estimate of drug-likeness (QED) is 0.650. The Hall–Kier alpha value is 0.440. The lowest BCUT2D eigenvalue weighted by Crippen LogP contribution is -2.39. The van der Waals surface area contributed by atoms with Gasteiger partial charge in [0.25, 0.3) is 0 Å². The van der Waals surface area contributed by atoms with E-state index in [-0.39, 0.29) is 0 Å². The first kappa shape index (κ1) is 12.5. The molecular formula is C12H22S2. The van der Waals surface area contributed by atoms with Crippen molar-refractivity contribution in [3.63, 3.8) is 0 Å². The molecule has 0 aromatic heterocycles. The lowest BCUT2D eigenvalue weighted by atomic mass is 9.89. The summed E-state index contributed by atoms with van der Waals surface area (Å²) in [5.41, 5.74) is 1.48. The Morgan fingerprint density at radius 1 is 1.00 bits per heavy atom. The second kappa shape index (κ2) is 4.13. The van der Waals surface area contributed by atoms with Crippen LogP contribution in [0.25, 0.3) is 0 Å². The third-order valence-electron chi connectivity index (χ3n) is 3.51. The fourth-order valence-corrected chi connectivity index (χ4v) is 5.50. The average Bonchev–Trinajstić information content (AvgIpc) is 2.41. The maximum atomic E-state index is 2.42. The molecule has 0 radical (unpaired) electrons. The Kier molecular flexibility index (Phi) is 3.69. The molecule has 0 bridgehead atoms. The molecule has 0 aliphatic carbocycles. The molecule has 0 N–H and O–H groups in total. The van der Waals surface area contributed by atoms with Crippen LogP contribution in [-0.2, 0) is 0 Å². The first-order valence-electron chi connectivity index (χ1n) is 5.44. The van der Waals surface area contributed by atoms with Crippen LogP contribution in [0.4, 0.5) is 0 Å². The zero-order valence-corrected chi connectivity index (χ0v) is 11.9. The maximum Gasteiger partial charge on any atom is 0.0398 e. The molecule has 0 amide bonds. The van der Waals surface area contributed by atoms with Gasteiger partial charge in [0.05, 0.1) is 0 Å². The second-order valence-electron chi connectivity index (χ2n) is 4.66. The van der Waals surface area contributed by atoms with Crippen molar-refractivity contribution in [1.82, 2.24) is 0 Å². The largest absolute Gasteiger partial charge is 0.111 e. The molecule has 1 aliphatic rings. The minimum absolute atomic E-state index is 0.416. The van der Waals surface area contributed by atoms with E-state index in [0.29, 0.717) is 9.49 Å². The molecule has 2 unspecified atom stereocenters. The van der Waals surface area contributed by atoms with Crippen molar-refractivity contribution in [3.05, 3.63) is 9.81 Å². The van der Waals surface area contributed by atoms with E-state index in [2.05, 4.69) is 65.1 Å². The van der Waals surface area contributed by atoms with Crippen LogP contribution in [0.15, 0.2) is 9.81 Å². The second-order valence-corrected chi connectivity index (χ2v) is 7.95. The standard InChI is InChI=1S/C12H22S2/c1-7-11(5)12(6,8-2)14-10(13-11)9(3)4/h7-8H2,1-6H3.